The number of thiocarbonyl (C=S) groups is 1. The Labute approximate surface area is 156 Å². The van der Waals surface area contributed by atoms with E-state index in [1.54, 1.807) is 12.1 Å². The molecule has 4 aromatic rings. The van der Waals surface area contributed by atoms with Crippen molar-refractivity contribution in [2.75, 3.05) is 0 Å². The van der Waals surface area contributed by atoms with Crippen molar-refractivity contribution in [3.63, 3.8) is 0 Å². The highest BCUT2D eigenvalue weighted by Gasteiger charge is 2.37. The molecule has 0 aliphatic heterocycles. The maximum atomic E-state index is 13.7. The number of aromatic nitrogens is 4. The normalized spacial score (nSPS) is 11.8. The maximum Gasteiger partial charge on any atom is 0.433 e. The van der Waals surface area contributed by atoms with E-state index >= 15 is 0 Å². The molecule has 0 fully saturated rings. The van der Waals surface area contributed by atoms with Crippen molar-refractivity contribution < 1.29 is 13.2 Å². The molecular weight excluding hydrogens is 375 g/mol. The van der Waals surface area contributed by atoms with Crippen LogP contribution in [0, 0.1) is 0 Å². The van der Waals surface area contributed by atoms with Gasteiger partial charge in [0.2, 0.25) is 0 Å². The molecule has 136 valence electrons. The minimum atomic E-state index is -4.64. The van der Waals surface area contributed by atoms with Gasteiger partial charge in [0.15, 0.2) is 11.5 Å². The summed E-state index contributed by atoms with van der Waals surface area (Å²) in [6.45, 7) is 0. The smallest absolute Gasteiger partial charge is 0.388 e. The van der Waals surface area contributed by atoms with Gasteiger partial charge in [0.05, 0.1) is 12.0 Å². The zero-order chi connectivity index (χ0) is 19.2. The summed E-state index contributed by atoms with van der Waals surface area (Å²) in [5, 5.41) is 5.89. The molecule has 27 heavy (non-hydrogen) atoms. The Morgan fingerprint density at radius 1 is 1.11 bits per heavy atom. The maximum absolute atomic E-state index is 13.7. The Morgan fingerprint density at radius 3 is 2.59 bits per heavy atom. The Kier molecular flexibility index (Phi) is 3.96. The van der Waals surface area contributed by atoms with Crippen molar-refractivity contribution in [3.05, 3.63) is 66.2 Å². The Balaban J connectivity index is 1.98. The number of benzene rings is 2. The first kappa shape index (κ1) is 17.2. The van der Waals surface area contributed by atoms with Crippen LogP contribution >= 0.6 is 12.2 Å². The fourth-order valence-electron chi connectivity index (χ4n) is 2.95. The van der Waals surface area contributed by atoms with E-state index in [1.165, 1.54) is 6.33 Å². The molecule has 0 saturated carbocycles. The quantitative estimate of drug-likeness (QED) is 0.520. The van der Waals surface area contributed by atoms with Crippen LogP contribution in [0.5, 0.6) is 0 Å². The van der Waals surface area contributed by atoms with E-state index in [2.05, 4.69) is 15.1 Å². The molecule has 3 N–H and O–H groups in total. The first-order valence-electron chi connectivity index (χ1n) is 7.85. The molecule has 2 aromatic carbocycles. The number of alkyl halides is 3. The van der Waals surface area contributed by atoms with Gasteiger partial charge in [-0.25, -0.2) is 9.67 Å². The minimum Gasteiger partial charge on any atom is -0.388 e. The number of aromatic amines is 1. The lowest BCUT2D eigenvalue weighted by Crippen LogP contribution is -2.18. The zero-order valence-electron chi connectivity index (χ0n) is 13.7. The number of hydrogen-bond donors (Lipinski definition) is 2. The minimum absolute atomic E-state index is 0.0960. The van der Waals surface area contributed by atoms with Gasteiger partial charge in [-0.1, -0.05) is 54.7 Å². The van der Waals surface area contributed by atoms with E-state index in [-0.39, 0.29) is 22.2 Å². The Bertz CT molecular complexity index is 1150. The van der Waals surface area contributed by atoms with Crippen LogP contribution in [0.3, 0.4) is 0 Å². The second-order valence-electron chi connectivity index (χ2n) is 5.82. The number of halogens is 3. The van der Waals surface area contributed by atoms with Crippen LogP contribution in [0.15, 0.2) is 54.9 Å². The number of H-pyrrole nitrogens is 1. The van der Waals surface area contributed by atoms with Crippen LogP contribution < -0.4 is 5.73 Å². The summed E-state index contributed by atoms with van der Waals surface area (Å²) in [6.07, 6.45) is -3.41. The molecule has 4 rings (SSSR count). The van der Waals surface area contributed by atoms with Crippen LogP contribution in [-0.4, -0.2) is 24.7 Å². The molecule has 0 aliphatic carbocycles. The van der Waals surface area contributed by atoms with Crippen molar-refractivity contribution in [2.24, 2.45) is 5.73 Å². The fourth-order valence-corrected chi connectivity index (χ4v) is 3.10. The summed E-state index contributed by atoms with van der Waals surface area (Å²) < 4.78 is 41.7. The number of nitrogens with one attached hydrogen (secondary N) is 1. The lowest BCUT2D eigenvalue weighted by molar-refractivity contribution is -0.142. The second-order valence-corrected chi connectivity index (χ2v) is 6.26. The third-order valence-corrected chi connectivity index (χ3v) is 4.34. The average molecular weight is 387 g/mol. The lowest BCUT2D eigenvalue weighted by Gasteiger charge is -2.09. The van der Waals surface area contributed by atoms with Crippen LogP contribution in [0.4, 0.5) is 13.2 Å². The highest BCUT2D eigenvalue weighted by molar-refractivity contribution is 7.80. The van der Waals surface area contributed by atoms with Crippen LogP contribution in [0.25, 0.3) is 27.8 Å². The zero-order valence-corrected chi connectivity index (χ0v) is 14.5. The van der Waals surface area contributed by atoms with Crippen molar-refractivity contribution >= 4 is 28.0 Å². The predicted molar refractivity (Wildman–Crippen MR) is 99.5 cm³/mol. The van der Waals surface area contributed by atoms with Crippen LogP contribution in [-0.2, 0) is 6.18 Å². The fraction of sp³-hybridized carbons (Fsp3) is 0.0556. The third kappa shape index (κ3) is 2.95. The van der Waals surface area contributed by atoms with E-state index in [0.717, 1.165) is 21.5 Å². The van der Waals surface area contributed by atoms with Gasteiger partial charge in [0, 0.05) is 5.56 Å². The van der Waals surface area contributed by atoms with E-state index < -0.39 is 11.9 Å². The molecule has 0 atom stereocenters. The van der Waals surface area contributed by atoms with Crippen molar-refractivity contribution in [1.82, 2.24) is 19.7 Å². The van der Waals surface area contributed by atoms with Crippen molar-refractivity contribution in [1.29, 1.82) is 0 Å². The van der Waals surface area contributed by atoms with Gasteiger partial charge < -0.3 is 10.7 Å². The van der Waals surface area contributed by atoms with E-state index in [1.807, 2.05) is 30.3 Å². The number of nitrogens with two attached hydrogens (primary N) is 1. The molecule has 9 heteroatoms. The summed E-state index contributed by atoms with van der Waals surface area (Å²) in [5.74, 6) is -0.0960. The van der Waals surface area contributed by atoms with E-state index in [9.17, 15) is 13.2 Å². The summed E-state index contributed by atoms with van der Waals surface area (Å²) in [6, 6.07) is 13.8. The third-order valence-electron chi connectivity index (χ3n) is 4.13. The van der Waals surface area contributed by atoms with Crippen molar-refractivity contribution in [3.8, 4) is 17.1 Å². The summed E-state index contributed by atoms with van der Waals surface area (Å²) in [7, 11) is 0. The van der Waals surface area contributed by atoms with Gasteiger partial charge >= 0.3 is 6.18 Å². The molecule has 0 saturated heterocycles. The van der Waals surface area contributed by atoms with E-state index in [0.29, 0.717) is 5.56 Å². The first-order chi connectivity index (χ1) is 12.9. The largest absolute Gasteiger partial charge is 0.433 e. The molecule has 0 radical (unpaired) electrons. The van der Waals surface area contributed by atoms with Gasteiger partial charge in [-0.15, -0.1) is 0 Å². The van der Waals surface area contributed by atoms with Gasteiger partial charge in [-0.3, -0.25) is 0 Å². The Morgan fingerprint density at radius 2 is 1.85 bits per heavy atom. The number of imidazole rings is 1. The molecule has 5 nitrogen and oxygen atoms in total. The first-order valence-corrected chi connectivity index (χ1v) is 8.26. The van der Waals surface area contributed by atoms with Gasteiger partial charge in [-0.2, -0.15) is 18.3 Å². The van der Waals surface area contributed by atoms with E-state index in [4.69, 9.17) is 18.0 Å². The topological polar surface area (TPSA) is 72.5 Å². The number of hydrogen-bond acceptors (Lipinski definition) is 3. The number of rotatable bonds is 3. The molecule has 0 unspecified atom stereocenters. The van der Waals surface area contributed by atoms with Gasteiger partial charge in [0.1, 0.15) is 10.7 Å². The number of nitrogens with zero attached hydrogens (tertiary/aromatic N) is 3. The second kappa shape index (κ2) is 6.20. The van der Waals surface area contributed by atoms with Crippen molar-refractivity contribution in [2.45, 2.75) is 6.18 Å². The molecule has 2 heterocycles. The molecular formula is C18H12F3N5S. The highest BCUT2D eigenvalue weighted by Crippen LogP contribution is 2.36. The average Bonchev–Trinajstić information content (AvgIpc) is 3.27. The summed E-state index contributed by atoms with van der Waals surface area (Å²) >= 11 is 4.89. The monoisotopic (exact) mass is 387 g/mol. The molecule has 0 bridgehead atoms. The standard InChI is InChI=1S/C18H12F3N5S/c19-18(20,21)14-8-13(12-7-3-5-10-4-1-2-6-11(10)12)25-26(14)17-15(16(22)27)23-9-24-17/h1-9H,(H2,22,27)(H,23,24). The molecule has 2 aromatic heterocycles. The van der Waals surface area contributed by atoms with Gasteiger partial charge in [0.25, 0.3) is 0 Å². The molecule has 0 amide bonds. The molecule has 0 spiro atoms. The van der Waals surface area contributed by atoms with Gasteiger partial charge in [-0.05, 0) is 16.8 Å². The predicted octanol–water partition coefficient (Wildman–Crippen LogP) is 4.07. The SMILES string of the molecule is NC(=S)c1[nH]cnc1-n1nc(-c2cccc3ccccc23)cc1C(F)(F)F. The lowest BCUT2D eigenvalue weighted by atomic mass is 10.0. The summed E-state index contributed by atoms with van der Waals surface area (Å²) in [5.41, 5.74) is 5.50. The van der Waals surface area contributed by atoms with Crippen LogP contribution in [0.2, 0.25) is 0 Å². The van der Waals surface area contributed by atoms with Crippen LogP contribution in [0.1, 0.15) is 11.4 Å². The Hall–Kier alpha value is -3.20. The number of fused-ring (bicyclic) bond motifs is 1. The highest BCUT2D eigenvalue weighted by atomic mass is 32.1. The molecule has 0 aliphatic rings. The summed E-state index contributed by atoms with van der Waals surface area (Å²) in [4.78, 5) is 6.48.